The zero-order valence-electron chi connectivity index (χ0n) is 17.5. The third-order valence-corrected chi connectivity index (χ3v) is 5.49. The second kappa shape index (κ2) is 7.47. The highest BCUT2D eigenvalue weighted by atomic mass is 16.3. The second-order valence-electron chi connectivity index (χ2n) is 7.87. The van der Waals surface area contributed by atoms with Crippen LogP contribution in [-0.2, 0) is 7.05 Å². The van der Waals surface area contributed by atoms with Gasteiger partial charge in [0.15, 0.2) is 12.1 Å². The Morgan fingerprint density at radius 2 is 2.06 bits per heavy atom. The molecule has 4 aromatic rings. The van der Waals surface area contributed by atoms with Gasteiger partial charge in [0, 0.05) is 49.5 Å². The minimum absolute atomic E-state index is 0.200. The molecule has 158 valence electrons. The number of hydrogen-bond donors (Lipinski definition) is 1. The smallest absolute Gasteiger partial charge is 0.278 e. The maximum absolute atomic E-state index is 12.5. The molecule has 5 heterocycles. The minimum atomic E-state index is -0.372. The topological polar surface area (TPSA) is 105 Å². The van der Waals surface area contributed by atoms with Gasteiger partial charge in [-0.3, -0.25) is 14.5 Å². The van der Waals surface area contributed by atoms with E-state index in [0.717, 1.165) is 40.9 Å². The maximum Gasteiger partial charge on any atom is 0.278 e. The Balaban J connectivity index is 1.55. The van der Waals surface area contributed by atoms with Gasteiger partial charge in [-0.1, -0.05) is 0 Å². The van der Waals surface area contributed by atoms with Gasteiger partial charge in [-0.25, -0.2) is 9.97 Å². The first kappa shape index (κ1) is 19.2. The van der Waals surface area contributed by atoms with Crippen LogP contribution >= 0.6 is 0 Å². The zero-order chi connectivity index (χ0) is 21.5. The van der Waals surface area contributed by atoms with E-state index in [0.29, 0.717) is 11.9 Å². The molecule has 0 unspecified atom stereocenters. The van der Waals surface area contributed by atoms with Crippen molar-refractivity contribution >= 4 is 28.3 Å². The monoisotopic (exact) mass is 418 g/mol. The number of carbonyl (C=O) groups is 1. The molecule has 1 N–H and O–H groups in total. The Morgan fingerprint density at radius 1 is 1.23 bits per heavy atom. The molecular weight excluding hydrogens is 396 g/mol. The van der Waals surface area contributed by atoms with Crippen molar-refractivity contribution < 1.29 is 9.21 Å². The Morgan fingerprint density at radius 3 is 2.74 bits per heavy atom. The molecule has 1 fully saturated rings. The molecule has 1 amide bonds. The van der Waals surface area contributed by atoms with Crippen molar-refractivity contribution in [1.29, 1.82) is 0 Å². The summed E-state index contributed by atoms with van der Waals surface area (Å²) in [5, 5.41) is 8.93. The second-order valence-corrected chi connectivity index (χ2v) is 7.87. The zero-order valence-corrected chi connectivity index (χ0v) is 17.5. The number of rotatable bonds is 5. The Kier molecular flexibility index (Phi) is 4.63. The van der Waals surface area contributed by atoms with Crippen LogP contribution in [0.2, 0.25) is 0 Å². The number of oxazole rings is 1. The SMILES string of the molecule is CN(C)C1CN(c2nc(NC(=O)c3cocn3)cc3cc(-c4cnn(C)c4)ncc23)C1. The Labute approximate surface area is 178 Å². The van der Waals surface area contributed by atoms with Gasteiger partial charge in [0.2, 0.25) is 0 Å². The fourth-order valence-electron chi connectivity index (χ4n) is 3.61. The van der Waals surface area contributed by atoms with Crippen molar-refractivity contribution in [3.63, 3.8) is 0 Å². The third kappa shape index (κ3) is 3.61. The number of pyridine rings is 2. The van der Waals surface area contributed by atoms with Crippen LogP contribution in [0.5, 0.6) is 0 Å². The van der Waals surface area contributed by atoms with E-state index in [1.807, 2.05) is 31.6 Å². The van der Waals surface area contributed by atoms with Gasteiger partial charge >= 0.3 is 0 Å². The molecule has 5 rings (SSSR count). The van der Waals surface area contributed by atoms with Gasteiger partial charge in [-0.05, 0) is 31.6 Å². The standard InChI is InChI=1S/C21H22N8O2/c1-27(2)15-9-29(10-15)20-16-7-22-17(14-6-24-28(3)8-14)4-13(16)5-19(25-20)26-21(30)18-11-31-12-23-18/h4-8,11-12,15H,9-10H2,1-3H3,(H,25,26,30). The van der Waals surface area contributed by atoms with Crippen molar-refractivity contribution in [2.45, 2.75) is 6.04 Å². The Bertz CT molecular complexity index is 1240. The number of aromatic nitrogens is 5. The largest absolute Gasteiger partial charge is 0.451 e. The van der Waals surface area contributed by atoms with Gasteiger partial charge in [-0.2, -0.15) is 5.10 Å². The number of carbonyl (C=O) groups excluding carboxylic acids is 1. The number of fused-ring (bicyclic) bond motifs is 1. The molecule has 0 saturated carbocycles. The summed E-state index contributed by atoms with van der Waals surface area (Å²) in [6, 6.07) is 4.31. The molecule has 10 nitrogen and oxygen atoms in total. The van der Waals surface area contributed by atoms with Crippen molar-refractivity contribution in [3.05, 3.63) is 49.1 Å². The quantitative estimate of drug-likeness (QED) is 0.525. The highest BCUT2D eigenvalue weighted by Crippen LogP contribution is 2.33. The van der Waals surface area contributed by atoms with Crippen molar-refractivity contribution in [2.75, 3.05) is 37.4 Å². The number of nitrogens with zero attached hydrogens (tertiary/aromatic N) is 7. The molecule has 0 bridgehead atoms. The minimum Gasteiger partial charge on any atom is -0.451 e. The van der Waals surface area contributed by atoms with Gasteiger partial charge in [0.1, 0.15) is 17.9 Å². The Hall–Kier alpha value is -3.79. The summed E-state index contributed by atoms with van der Waals surface area (Å²) in [6.07, 6.45) is 8.06. The van der Waals surface area contributed by atoms with E-state index in [-0.39, 0.29) is 11.6 Å². The van der Waals surface area contributed by atoms with Gasteiger partial charge in [0.25, 0.3) is 5.91 Å². The van der Waals surface area contributed by atoms with Crippen LogP contribution < -0.4 is 10.2 Å². The van der Waals surface area contributed by atoms with Crippen LogP contribution in [0.3, 0.4) is 0 Å². The van der Waals surface area contributed by atoms with E-state index < -0.39 is 0 Å². The van der Waals surface area contributed by atoms with Crippen LogP contribution in [0.1, 0.15) is 10.5 Å². The number of amides is 1. The predicted octanol–water partition coefficient (Wildman–Crippen LogP) is 2.02. The predicted molar refractivity (Wildman–Crippen MR) is 116 cm³/mol. The van der Waals surface area contributed by atoms with E-state index in [2.05, 4.69) is 44.3 Å². The lowest BCUT2D eigenvalue weighted by atomic mass is 10.1. The summed E-state index contributed by atoms with van der Waals surface area (Å²) in [4.78, 5) is 30.2. The molecule has 0 spiro atoms. The van der Waals surface area contributed by atoms with Gasteiger partial charge < -0.3 is 19.5 Å². The molecule has 10 heteroatoms. The molecule has 0 atom stereocenters. The first-order valence-electron chi connectivity index (χ1n) is 9.88. The number of likely N-dealkylation sites (N-methyl/N-ethyl adjacent to an activating group) is 1. The number of hydrogen-bond acceptors (Lipinski definition) is 8. The van der Waals surface area contributed by atoms with E-state index >= 15 is 0 Å². The molecule has 4 aromatic heterocycles. The molecule has 1 aliphatic rings. The average Bonchev–Trinajstić information content (AvgIpc) is 3.38. The first-order valence-corrected chi connectivity index (χ1v) is 9.88. The number of nitrogens with one attached hydrogen (secondary N) is 1. The molecule has 1 saturated heterocycles. The highest BCUT2D eigenvalue weighted by Gasteiger charge is 2.31. The van der Waals surface area contributed by atoms with Crippen LogP contribution in [0, 0.1) is 0 Å². The molecule has 0 radical (unpaired) electrons. The number of aryl methyl sites for hydroxylation is 1. The van der Waals surface area contributed by atoms with Crippen LogP contribution in [0.4, 0.5) is 11.6 Å². The van der Waals surface area contributed by atoms with E-state index in [1.54, 1.807) is 10.9 Å². The van der Waals surface area contributed by atoms with Crippen molar-refractivity contribution in [2.24, 2.45) is 7.05 Å². The normalized spacial score (nSPS) is 14.3. The lowest BCUT2D eigenvalue weighted by Crippen LogP contribution is -2.57. The fraction of sp³-hybridized carbons (Fsp3) is 0.286. The average molecular weight is 418 g/mol. The summed E-state index contributed by atoms with van der Waals surface area (Å²) < 4.78 is 6.65. The molecule has 1 aliphatic heterocycles. The lowest BCUT2D eigenvalue weighted by Gasteiger charge is -2.44. The van der Waals surface area contributed by atoms with Crippen LogP contribution in [0.15, 0.2) is 47.8 Å². The summed E-state index contributed by atoms with van der Waals surface area (Å²) >= 11 is 0. The lowest BCUT2D eigenvalue weighted by molar-refractivity contribution is 0.102. The molecule has 0 aromatic carbocycles. The van der Waals surface area contributed by atoms with E-state index in [9.17, 15) is 4.79 Å². The summed E-state index contributed by atoms with van der Waals surface area (Å²) in [6.45, 7) is 1.72. The van der Waals surface area contributed by atoms with Crippen molar-refractivity contribution in [1.82, 2.24) is 29.6 Å². The third-order valence-electron chi connectivity index (χ3n) is 5.49. The molecule has 0 aliphatic carbocycles. The van der Waals surface area contributed by atoms with Crippen LogP contribution in [0.25, 0.3) is 22.0 Å². The van der Waals surface area contributed by atoms with Crippen LogP contribution in [-0.4, -0.2) is 68.8 Å². The summed E-state index contributed by atoms with van der Waals surface area (Å²) in [5.74, 6) is 0.881. The number of anilines is 2. The van der Waals surface area contributed by atoms with E-state index in [1.165, 1.54) is 12.7 Å². The highest BCUT2D eigenvalue weighted by molar-refractivity contribution is 6.04. The molecule has 31 heavy (non-hydrogen) atoms. The van der Waals surface area contributed by atoms with Crippen molar-refractivity contribution in [3.8, 4) is 11.3 Å². The summed E-state index contributed by atoms with van der Waals surface area (Å²) in [5.41, 5.74) is 1.93. The maximum atomic E-state index is 12.5. The van der Waals surface area contributed by atoms with E-state index in [4.69, 9.17) is 9.40 Å². The fourth-order valence-corrected chi connectivity index (χ4v) is 3.61. The van der Waals surface area contributed by atoms with Gasteiger partial charge in [-0.15, -0.1) is 0 Å². The summed E-state index contributed by atoms with van der Waals surface area (Å²) in [7, 11) is 6.02. The first-order chi connectivity index (χ1) is 15.0. The van der Waals surface area contributed by atoms with Gasteiger partial charge in [0.05, 0.1) is 11.9 Å². The molecular formula is C21H22N8O2.